The van der Waals surface area contributed by atoms with E-state index in [0.29, 0.717) is 31.0 Å². The molecule has 2 bridgehead atoms. The van der Waals surface area contributed by atoms with Crippen molar-refractivity contribution < 1.29 is 4.79 Å². The molecule has 126 valence electrons. The number of nitrogens with zero attached hydrogens (tertiary/aromatic N) is 2. The highest BCUT2D eigenvalue weighted by Gasteiger charge is 2.42. The summed E-state index contributed by atoms with van der Waals surface area (Å²) >= 11 is 0. The third kappa shape index (κ3) is 3.18. The van der Waals surface area contributed by atoms with Crippen LogP contribution in [0.1, 0.15) is 64.7 Å². The number of rotatable bonds is 4. The maximum absolute atomic E-state index is 13.1. The molecule has 4 heteroatoms. The van der Waals surface area contributed by atoms with Crippen molar-refractivity contribution >= 4 is 5.91 Å². The Bertz CT molecular complexity index is 392. The van der Waals surface area contributed by atoms with Crippen LogP contribution in [0.25, 0.3) is 0 Å². The highest BCUT2D eigenvalue weighted by Crippen LogP contribution is 2.40. The summed E-state index contributed by atoms with van der Waals surface area (Å²) in [7, 11) is 0. The number of carbonyl (C=O) groups is 1. The van der Waals surface area contributed by atoms with Crippen LogP contribution in [0.3, 0.4) is 0 Å². The van der Waals surface area contributed by atoms with Gasteiger partial charge in [-0.25, -0.2) is 0 Å². The predicted molar refractivity (Wildman–Crippen MR) is 89.6 cm³/mol. The van der Waals surface area contributed by atoms with Gasteiger partial charge in [0.2, 0.25) is 5.91 Å². The molecule has 2 unspecified atom stereocenters. The predicted octanol–water partition coefficient (Wildman–Crippen LogP) is 2.37. The van der Waals surface area contributed by atoms with Crippen LogP contribution in [0.15, 0.2) is 0 Å². The second kappa shape index (κ2) is 6.88. The van der Waals surface area contributed by atoms with Gasteiger partial charge in [-0.1, -0.05) is 26.2 Å². The van der Waals surface area contributed by atoms with E-state index in [1.165, 1.54) is 32.1 Å². The first kappa shape index (κ1) is 16.3. The molecular weight excluding hydrogens is 274 g/mol. The van der Waals surface area contributed by atoms with Crippen molar-refractivity contribution in [2.24, 2.45) is 11.1 Å². The van der Waals surface area contributed by atoms with E-state index in [0.717, 1.165) is 38.9 Å². The molecule has 2 heterocycles. The molecule has 1 aliphatic carbocycles. The van der Waals surface area contributed by atoms with Crippen LogP contribution in [0.5, 0.6) is 0 Å². The van der Waals surface area contributed by atoms with E-state index in [1.54, 1.807) is 0 Å². The monoisotopic (exact) mass is 307 g/mol. The number of fused-ring (bicyclic) bond motifs is 2. The molecule has 0 aromatic rings. The van der Waals surface area contributed by atoms with Crippen molar-refractivity contribution in [3.8, 4) is 0 Å². The minimum Gasteiger partial charge on any atom is -0.335 e. The molecule has 22 heavy (non-hydrogen) atoms. The van der Waals surface area contributed by atoms with Gasteiger partial charge in [-0.05, 0) is 50.6 Å². The summed E-state index contributed by atoms with van der Waals surface area (Å²) in [5.74, 6) is 0.401. The van der Waals surface area contributed by atoms with E-state index >= 15 is 0 Å². The van der Waals surface area contributed by atoms with Crippen LogP contribution < -0.4 is 5.73 Å². The smallest absolute Gasteiger partial charge is 0.223 e. The molecule has 0 spiro atoms. The molecule has 3 fully saturated rings. The second-order valence-electron chi connectivity index (χ2n) is 7.81. The quantitative estimate of drug-likeness (QED) is 0.867. The number of hydrogen-bond acceptors (Lipinski definition) is 3. The largest absolute Gasteiger partial charge is 0.335 e. The molecule has 0 aromatic carbocycles. The van der Waals surface area contributed by atoms with Gasteiger partial charge in [-0.3, -0.25) is 4.79 Å². The topological polar surface area (TPSA) is 49.6 Å². The lowest BCUT2D eigenvalue weighted by Gasteiger charge is -2.38. The summed E-state index contributed by atoms with van der Waals surface area (Å²) in [6.45, 7) is 6.26. The van der Waals surface area contributed by atoms with Gasteiger partial charge in [0.05, 0.1) is 0 Å². The Morgan fingerprint density at radius 3 is 2.55 bits per heavy atom. The van der Waals surface area contributed by atoms with Gasteiger partial charge in [-0.15, -0.1) is 0 Å². The van der Waals surface area contributed by atoms with Crippen molar-refractivity contribution in [1.82, 2.24) is 9.80 Å². The minimum atomic E-state index is 0.103. The molecule has 3 rings (SSSR count). The molecule has 2 atom stereocenters. The van der Waals surface area contributed by atoms with Gasteiger partial charge in [-0.2, -0.15) is 0 Å². The molecule has 4 nitrogen and oxygen atoms in total. The van der Waals surface area contributed by atoms with Gasteiger partial charge in [0, 0.05) is 31.6 Å². The fourth-order valence-corrected chi connectivity index (χ4v) is 5.01. The third-order valence-corrected chi connectivity index (χ3v) is 6.48. The van der Waals surface area contributed by atoms with Gasteiger partial charge < -0.3 is 15.5 Å². The maximum Gasteiger partial charge on any atom is 0.223 e. The number of likely N-dealkylation sites (tertiary alicyclic amines) is 1. The van der Waals surface area contributed by atoms with Crippen molar-refractivity contribution in [2.75, 3.05) is 26.2 Å². The zero-order chi connectivity index (χ0) is 15.6. The molecule has 0 aromatic heterocycles. The standard InChI is InChI=1S/C18H33N3O/c1-2-20-11-8-15-6-7-16(13-20)21(15)17(22)12-18(14-19)9-4-3-5-10-18/h15-16H,2-14,19H2,1H3. The first-order valence-corrected chi connectivity index (χ1v) is 9.41. The van der Waals surface area contributed by atoms with E-state index < -0.39 is 0 Å². The van der Waals surface area contributed by atoms with Crippen molar-refractivity contribution in [2.45, 2.75) is 76.8 Å². The number of likely N-dealkylation sites (N-methyl/N-ethyl adjacent to an activating group) is 1. The summed E-state index contributed by atoms with van der Waals surface area (Å²) in [6.07, 6.45) is 10.4. The van der Waals surface area contributed by atoms with Gasteiger partial charge >= 0.3 is 0 Å². The molecule has 2 N–H and O–H groups in total. The minimum absolute atomic E-state index is 0.103. The Kier molecular flexibility index (Phi) is 5.08. The van der Waals surface area contributed by atoms with Crippen molar-refractivity contribution in [1.29, 1.82) is 0 Å². The van der Waals surface area contributed by atoms with Crippen LogP contribution in [-0.2, 0) is 4.79 Å². The Hall–Kier alpha value is -0.610. The Labute approximate surface area is 135 Å². The van der Waals surface area contributed by atoms with Crippen LogP contribution in [0.2, 0.25) is 0 Å². The number of hydrogen-bond donors (Lipinski definition) is 1. The summed E-state index contributed by atoms with van der Waals surface area (Å²) in [5, 5.41) is 0. The van der Waals surface area contributed by atoms with Gasteiger partial charge in [0.1, 0.15) is 0 Å². The first-order valence-electron chi connectivity index (χ1n) is 9.41. The fraction of sp³-hybridized carbons (Fsp3) is 0.944. The Balaban J connectivity index is 1.68. The zero-order valence-electron chi connectivity index (χ0n) is 14.2. The summed E-state index contributed by atoms with van der Waals surface area (Å²) in [5.41, 5.74) is 6.20. The van der Waals surface area contributed by atoms with E-state index in [4.69, 9.17) is 5.73 Å². The van der Waals surface area contributed by atoms with Crippen LogP contribution in [-0.4, -0.2) is 54.0 Å². The first-order chi connectivity index (χ1) is 10.7. The van der Waals surface area contributed by atoms with Crippen molar-refractivity contribution in [3.63, 3.8) is 0 Å². The molecule has 1 amide bonds. The molecule has 1 saturated carbocycles. The third-order valence-electron chi connectivity index (χ3n) is 6.48. The van der Waals surface area contributed by atoms with Crippen LogP contribution >= 0.6 is 0 Å². The lowest BCUT2D eigenvalue weighted by Crippen LogP contribution is -2.46. The molecule has 2 saturated heterocycles. The highest BCUT2D eigenvalue weighted by molar-refractivity contribution is 5.78. The van der Waals surface area contributed by atoms with Crippen LogP contribution in [0.4, 0.5) is 0 Å². The van der Waals surface area contributed by atoms with Gasteiger partial charge in [0.25, 0.3) is 0 Å². The van der Waals surface area contributed by atoms with Crippen molar-refractivity contribution in [3.05, 3.63) is 0 Å². The zero-order valence-corrected chi connectivity index (χ0v) is 14.2. The summed E-state index contributed by atoms with van der Waals surface area (Å²) in [6, 6.07) is 0.950. The molecule has 0 radical (unpaired) electrons. The second-order valence-corrected chi connectivity index (χ2v) is 7.81. The highest BCUT2D eigenvalue weighted by atomic mass is 16.2. The average molecular weight is 307 g/mol. The lowest BCUT2D eigenvalue weighted by atomic mass is 9.71. The van der Waals surface area contributed by atoms with Gasteiger partial charge in [0.15, 0.2) is 0 Å². The SMILES string of the molecule is CCN1CCC2CCC(C1)N2C(=O)CC1(CN)CCCCC1. The lowest BCUT2D eigenvalue weighted by molar-refractivity contribution is -0.137. The normalized spacial score (nSPS) is 32.0. The maximum atomic E-state index is 13.1. The molecule has 2 aliphatic heterocycles. The Morgan fingerprint density at radius 1 is 1.14 bits per heavy atom. The number of amides is 1. The summed E-state index contributed by atoms with van der Waals surface area (Å²) < 4.78 is 0. The Morgan fingerprint density at radius 2 is 1.86 bits per heavy atom. The average Bonchev–Trinajstić information content (AvgIpc) is 2.83. The molecule has 3 aliphatic rings. The summed E-state index contributed by atoms with van der Waals surface area (Å²) in [4.78, 5) is 17.9. The van der Waals surface area contributed by atoms with E-state index in [1.807, 2.05) is 0 Å². The molecular formula is C18H33N3O. The van der Waals surface area contributed by atoms with E-state index in [-0.39, 0.29) is 5.41 Å². The number of nitrogens with two attached hydrogens (primary N) is 1. The number of carbonyl (C=O) groups excluding carboxylic acids is 1. The van der Waals surface area contributed by atoms with E-state index in [2.05, 4.69) is 16.7 Å². The fourth-order valence-electron chi connectivity index (χ4n) is 5.01. The van der Waals surface area contributed by atoms with Crippen LogP contribution in [0, 0.1) is 5.41 Å². The van der Waals surface area contributed by atoms with E-state index in [9.17, 15) is 4.79 Å².